The van der Waals surface area contributed by atoms with Crippen molar-refractivity contribution in [1.82, 2.24) is 4.90 Å². The number of hydrogen-bond donors (Lipinski definition) is 0. The molecule has 0 aromatic carbocycles. The Balaban J connectivity index is 1.74. The maximum atomic E-state index is 5.73. The number of thiocarbonyl (C=S) groups is 1. The first-order valence-electron chi connectivity index (χ1n) is 9.74. The summed E-state index contributed by atoms with van der Waals surface area (Å²) < 4.78 is 0. The lowest BCUT2D eigenvalue weighted by molar-refractivity contribution is 0.126. The smallest absolute Gasteiger partial charge is 0.131 e. The van der Waals surface area contributed by atoms with Crippen LogP contribution in [0.1, 0.15) is 79.1 Å². The molecule has 0 spiro atoms. The summed E-state index contributed by atoms with van der Waals surface area (Å²) in [5.74, 6) is 2.79. The van der Waals surface area contributed by atoms with Crippen LogP contribution in [0.5, 0.6) is 0 Å². The number of rotatable bonds is 2. The summed E-state index contributed by atoms with van der Waals surface area (Å²) in [6.45, 7) is 9.59. The summed E-state index contributed by atoms with van der Waals surface area (Å²) in [4.78, 5) is 3.87. The predicted molar refractivity (Wildman–Crippen MR) is 102 cm³/mol. The van der Waals surface area contributed by atoms with Crippen molar-refractivity contribution in [3.05, 3.63) is 0 Å². The van der Waals surface area contributed by atoms with Gasteiger partial charge in [0.05, 0.1) is 4.99 Å². The molecule has 4 unspecified atom stereocenters. The average molecular weight is 319 g/mol. The van der Waals surface area contributed by atoms with Gasteiger partial charge in [0, 0.05) is 12.1 Å². The molecule has 0 amide bonds. The second-order valence-corrected chi connectivity index (χ2v) is 9.50. The van der Waals surface area contributed by atoms with Crippen molar-refractivity contribution in [2.45, 2.75) is 102 Å². The van der Waals surface area contributed by atoms with Crippen LogP contribution in [0.25, 0.3) is 0 Å². The highest BCUT2D eigenvalue weighted by Gasteiger charge is 2.49. The van der Waals surface area contributed by atoms with Crippen LogP contribution in [0.4, 0.5) is 0 Å². The van der Waals surface area contributed by atoms with Crippen molar-refractivity contribution >= 4 is 24.5 Å². The van der Waals surface area contributed by atoms with Gasteiger partial charge < -0.3 is 4.90 Å². The van der Waals surface area contributed by atoms with E-state index in [-0.39, 0.29) is 0 Å². The lowest BCUT2D eigenvalue weighted by Gasteiger charge is -2.54. The maximum absolute atomic E-state index is 5.73. The molecule has 1 aliphatic carbocycles. The standard InChI is InChI=1S/C19H34BNS/c1-13(2)19-10-6-5-7-17-15(11-16(12-19)20-19)8-9-18(22)21(17)14(3)4/h13-17,20H,5-12H2,1-4H3. The van der Waals surface area contributed by atoms with Gasteiger partial charge in [-0.15, -0.1) is 0 Å². The first-order valence-corrected chi connectivity index (χ1v) is 10.1. The van der Waals surface area contributed by atoms with Crippen LogP contribution in [0, 0.1) is 11.8 Å². The lowest BCUT2D eigenvalue weighted by atomic mass is 9.27. The molecule has 2 bridgehead atoms. The quantitative estimate of drug-likeness (QED) is 0.508. The van der Waals surface area contributed by atoms with Crippen LogP contribution < -0.4 is 0 Å². The van der Waals surface area contributed by atoms with Crippen molar-refractivity contribution in [3.8, 4) is 0 Å². The SMILES string of the molecule is CC(C)N1C(=S)CCC2CC3BC(C(C)C)(CCCCC21)C3. The van der Waals surface area contributed by atoms with E-state index in [1.807, 2.05) is 0 Å². The molecule has 124 valence electrons. The van der Waals surface area contributed by atoms with E-state index < -0.39 is 0 Å². The van der Waals surface area contributed by atoms with Gasteiger partial charge in [0.25, 0.3) is 0 Å². The van der Waals surface area contributed by atoms with Gasteiger partial charge in [-0.2, -0.15) is 0 Å². The van der Waals surface area contributed by atoms with Crippen LogP contribution in [-0.2, 0) is 0 Å². The van der Waals surface area contributed by atoms with Crippen molar-refractivity contribution < 1.29 is 0 Å². The van der Waals surface area contributed by atoms with Gasteiger partial charge in [0.2, 0.25) is 0 Å². The van der Waals surface area contributed by atoms with Crippen molar-refractivity contribution in [2.24, 2.45) is 11.8 Å². The molecule has 1 nitrogen and oxygen atoms in total. The van der Waals surface area contributed by atoms with E-state index in [9.17, 15) is 0 Å². The van der Waals surface area contributed by atoms with E-state index in [0.717, 1.165) is 30.1 Å². The molecule has 0 aromatic heterocycles. The van der Waals surface area contributed by atoms with Gasteiger partial charge in [-0.25, -0.2) is 0 Å². The lowest BCUT2D eigenvalue weighted by Crippen LogP contribution is -2.52. The fourth-order valence-corrected chi connectivity index (χ4v) is 6.31. The molecular formula is C19H34BNS. The molecular weight excluding hydrogens is 285 g/mol. The molecule has 0 N–H and O–H groups in total. The zero-order valence-electron chi connectivity index (χ0n) is 15.1. The number of nitrogens with zero attached hydrogens (tertiary/aromatic N) is 1. The summed E-state index contributed by atoms with van der Waals surface area (Å²) in [5, 5.41) is 0.708. The van der Waals surface area contributed by atoms with Gasteiger partial charge in [-0.1, -0.05) is 69.3 Å². The average Bonchev–Trinajstić information content (AvgIpc) is 2.42. The molecule has 0 radical (unpaired) electrons. The van der Waals surface area contributed by atoms with Crippen LogP contribution in [0.15, 0.2) is 0 Å². The number of fused-ring (bicyclic) bond motifs is 3. The Morgan fingerprint density at radius 3 is 2.55 bits per heavy atom. The largest absolute Gasteiger partial charge is 0.360 e. The number of hydrogen-bond acceptors (Lipinski definition) is 1. The van der Waals surface area contributed by atoms with E-state index in [1.165, 1.54) is 57.2 Å². The van der Waals surface area contributed by atoms with Gasteiger partial charge in [0.1, 0.15) is 7.28 Å². The highest BCUT2D eigenvalue weighted by atomic mass is 32.1. The van der Waals surface area contributed by atoms with E-state index in [0.29, 0.717) is 11.4 Å². The minimum absolute atomic E-state index is 0.583. The van der Waals surface area contributed by atoms with Gasteiger partial charge in [-0.3, -0.25) is 0 Å². The van der Waals surface area contributed by atoms with Gasteiger partial charge >= 0.3 is 0 Å². The topological polar surface area (TPSA) is 3.24 Å². The van der Waals surface area contributed by atoms with Crippen molar-refractivity contribution in [3.63, 3.8) is 0 Å². The normalized spacial score (nSPS) is 39.3. The molecule has 3 aliphatic heterocycles. The molecule has 4 atom stereocenters. The first-order chi connectivity index (χ1) is 10.4. The summed E-state index contributed by atoms with van der Waals surface area (Å²) in [6.07, 6.45) is 11.2. The van der Waals surface area contributed by atoms with Crippen molar-refractivity contribution in [1.29, 1.82) is 0 Å². The first kappa shape index (κ1) is 16.8. The van der Waals surface area contributed by atoms with Gasteiger partial charge in [-0.05, 0) is 44.9 Å². The van der Waals surface area contributed by atoms with Gasteiger partial charge in [0.15, 0.2) is 0 Å². The summed E-state index contributed by atoms with van der Waals surface area (Å²) in [7, 11) is 1.51. The fraction of sp³-hybridized carbons (Fsp3) is 0.947. The van der Waals surface area contributed by atoms with Crippen LogP contribution >= 0.6 is 12.2 Å². The zero-order valence-corrected chi connectivity index (χ0v) is 15.9. The summed E-state index contributed by atoms with van der Waals surface area (Å²) in [5.41, 5.74) is 0. The van der Waals surface area contributed by atoms with Crippen LogP contribution in [-0.4, -0.2) is 29.3 Å². The molecule has 4 aliphatic rings. The highest BCUT2D eigenvalue weighted by Crippen LogP contribution is 2.60. The Kier molecular flexibility index (Phi) is 4.93. The molecule has 3 heterocycles. The summed E-state index contributed by atoms with van der Waals surface area (Å²) >= 11 is 5.73. The van der Waals surface area contributed by atoms with Crippen LogP contribution in [0.2, 0.25) is 11.1 Å². The van der Waals surface area contributed by atoms with Crippen molar-refractivity contribution in [2.75, 3.05) is 0 Å². The molecule has 3 heteroatoms. The third-order valence-corrected chi connectivity index (χ3v) is 7.57. The Hall–Kier alpha value is -0.0451. The van der Waals surface area contributed by atoms with Crippen LogP contribution in [0.3, 0.4) is 0 Å². The third kappa shape index (κ3) is 2.99. The van der Waals surface area contributed by atoms with E-state index >= 15 is 0 Å². The Labute approximate surface area is 143 Å². The second kappa shape index (κ2) is 6.45. The van der Waals surface area contributed by atoms with E-state index in [4.69, 9.17) is 12.2 Å². The molecule has 4 rings (SSSR count). The minimum atomic E-state index is 0.583. The Morgan fingerprint density at radius 2 is 1.91 bits per heavy atom. The van der Waals surface area contributed by atoms with E-state index in [1.54, 1.807) is 0 Å². The minimum Gasteiger partial charge on any atom is -0.360 e. The Morgan fingerprint density at radius 1 is 1.18 bits per heavy atom. The molecule has 22 heavy (non-hydrogen) atoms. The molecule has 1 saturated carbocycles. The summed E-state index contributed by atoms with van der Waals surface area (Å²) in [6, 6.07) is 1.33. The molecule has 3 saturated heterocycles. The number of piperidine rings is 1. The fourth-order valence-electron chi connectivity index (χ4n) is 5.84. The Bertz CT molecular complexity index is 414. The molecule has 4 fully saturated rings. The maximum Gasteiger partial charge on any atom is 0.131 e. The number of likely N-dealkylation sites (tertiary alicyclic amines) is 1. The zero-order chi connectivity index (χ0) is 15.9. The third-order valence-electron chi connectivity index (χ3n) is 7.15. The molecule has 0 aromatic rings. The second-order valence-electron chi connectivity index (χ2n) is 9.03. The highest BCUT2D eigenvalue weighted by molar-refractivity contribution is 7.80. The van der Waals surface area contributed by atoms with E-state index in [2.05, 4.69) is 32.6 Å². The predicted octanol–water partition coefficient (Wildman–Crippen LogP) is 5.21. The monoisotopic (exact) mass is 319 g/mol.